The summed E-state index contributed by atoms with van der Waals surface area (Å²) in [6, 6.07) is 0.146. The summed E-state index contributed by atoms with van der Waals surface area (Å²) in [5, 5.41) is 9.62. The highest BCUT2D eigenvalue weighted by Crippen LogP contribution is 2.27. The second-order valence-corrected chi connectivity index (χ2v) is 7.26. The van der Waals surface area contributed by atoms with Crippen LogP contribution in [0.5, 0.6) is 0 Å². The van der Waals surface area contributed by atoms with Crippen LogP contribution in [-0.2, 0) is 4.74 Å². The highest BCUT2D eigenvalue weighted by Gasteiger charge is 2.22. The quantitative estimate of drug-likeness (QED) is 0.473. The van der Waals surface area contributed by atoms with Crippen LogP contribution in [0.3, 0.4) is 0 Å². The number of alkyl carbamates (subject to hydrolysis) is 1. The van der Waals surface area contributed by atoms with Gasteiger partial charge in [-0.2, -0.15) is 0 Å². The van der Waals surface area contributed by atoms with E-state index in [4.69, 9.17) is 4.74 Å². The van der Waals surface area contributed by atoms with Gasteiger partial charge in [0.05, 0.1) is 0 Å². The number of rotatable bonds is 8. The van der Waals surface area contributed by atoms with Crippen LogP contribution in [-0.4, -0.2) is 43.8 Å². The molecular weight excluding hydrogens is 292 g/mol. The Hall–Kier alpha value is -1.46. The summed E-state index contributed by atoms with van der Waals surface area (Å²) in [5.74, 6) is 1.60. The molecule has 0 aromatic rings. The van der Waals surface area contributed by atoms with Crippen molar-refractivity contribution in [2.75, 3.05) is 20.1 Å². The lowest BCUT2D eigenvalue weighted by Gasteiger charge is -2.24. The molecule has 0 bridgehead atoms. The molecule has 1 saturated carbocycles. The van der Waals surface area contributed by atoms with Gasteiger partial charge in [0.1, 0.15) is 5.60 Å². The van der Waals surface area contributed by atoms with Crippen molar-refractivity contribution >= 4 is 12.1 Å². The second-order valence-electron chi connectivity index (χ2n) is 7.26. The van der Waals surface area contributed by atoms with Gasteiger partial charge >= 0.3 is 6.09 Å². The van der Waals surface area contributed by atoms with E-state index >= 15 is 0 Å². The Bertz CT molecular complexity index is 387. The van der Waals surface area contributed by atoms with Gasteiger partial charge in [0.2, 0.25) is 0 Å². The lowest BCUT2D eigenvalue weighted by molar-refractivity contribution is 0.0523. The number of aliphatic imine (C=N–C) groups is 1. The van der Waals surface area contributed by atoms with Crippen LogP contribution >= 0.6 is 0 Å². The van der Waals surface area contributed by atoms with Gasteiger partial charge in [0.25, 0.3) is 0 Å². The Labute approximate surface area is 140 Å². The maximum atomic E-state index is 11.8. The summed E-state index contributed by atoms with van der Waals surface area (Å²) in [5.41, 5.74) is -0.474. The molecule has 0 aromatic heterocycles. The van der Waals surface area contributed by atoms with Crippen LogP contribution < -0.4 is 16.0 Å². The molecule has 1 aliphatic rings. The summed E-state index contributed by atoms with van der Waals surface area (Å²) in [6.45, 7) is 9.26. The van der Waals surface area contributed by atoms with E-state index in [1.807, 2.05) is 20.8 Å². The molecule has 1 amide bonds. The average Bonchev–Trinajstić information content (AvgIpc) is 3.27. The topological polar surface area (TPSA) is 74.8 Å². The Kier molecular flexibility index (Phi) is 8.20. The molecule has 23 heavy (non-hydrogen) atoms. The molecule has 3 N–H and O–H groups in total. The number of nitrogens with zero attached hydrogens (tertiary/aromatic N) is 1. The van der Waals surface area contributed by atoms with Gasteiger partial charge in [-0.05, 0) is 46.0 Å². The van der Waals surface area contributed by atoms with Gasteiger partial charge < -0.3 is 20.7 Å². The number of amides is 1. The van der Waals surface area contributed by atoms with Crippen molar-refractivity contribution in [2.45, 2.75) is 71.4 Å². The van der Waals surface area contributed by atoms with Crippen LogP contribution in [0.2, 0.25) is 0 Å². The van der Waals surface area contributed by atoms with Crippen molar-refractivity contribution < 1.29 is 9.53 Å². The maximum absolute atomic E-state index is 11.8. The number of unbranched alkanes of at least 4 members (excludes halogenated alkanes) is 1. The van der Waals surface area contributed by atoms with E-state index in [2.05, 4.69) is 27.9 Å². The van der Waals surface area contributed by atoms with Crippen molar-refractivity contribution in [1.82, 2.24) is 16.0 Å². The van der Waals surface area contributed by atoms with Crippen molar-refractivity contribution in [1.29, 1.82) is 0 Å². The summed E-state index contributed by atoms with van der Waals surface area (Å²) in [6.07, 6.45) is 5.46. The van der Waals surface area contributed by atoms with Crippen molar-refractivity contribution in [3.63, 3.8) is 0 Å². The fraction of sp³-hybridized carbons (Fsp3) is 0.882. The minimum Gasteiger partial charge on any atom is -0.444 e. The SMILES string of the molecule is CCCCC(CNC(=O)OC(C)(C)C)NC(=NC)NCC1CC1. The van der Waals surface area contributed by atoms with Crippen LogP contribution in [0.25, 0.3) is 0 Å². The molecule has 0 aliphatic heterocycles. The molecule has 0 radical (unpaired) electrons. The molecule has 6 nitrogen and oxygen atoms in total. The molecule has 1 aliphatic carbocycles. The van der Waals surface area contributed by atoms with Gasteiger partial charge in [-0.1, -0.05) is 19.8 Å². The zero-order valence-electron chi connectivity index (χ0n) is 15.4. The lowest BCUT2D eigenvalue weighted by Crippen LogP contribution is -2.49. The molecule has 1 unspecified atom stereocenters. The minimum absolute atomic E-state index is 0.146. The Morgan fingerprint density at radius 1 is 1.30 bits per heavy atom. The summed E-state index contributed by atoms with van der Waals surface area (Å²) in [7, 11) is 1.78. The smallest absolute Gasteiger partial charge is 0.407 e. The molecule has 1 fully saturated rings. The Morgan fingerprint density at radius 2 is 2.00 bits per heavy atom. The Balaban J connectivity index is 2.41. The third-order valence-corrected chi connectivity index (χ3v) is 3.62. The summed E-state index contributed by atoms with van der Waals surface area (Å²) >= 11 is 0. The third-order valence-electron chi connectivity index (χ3n) is 3.62. The highest BCUT2D eigenvalue weighted by molar-refractivity contribution is 5.80. The van der Waals surface area contributed by atoms with Crippen LogP contribution in [0.4, 0.5) is 4.79 Å². The molecule has 0 saturated heterocycles. The van der Waals surface area contributed by atoms with E-state index in [1.54, 1.807) is 7.05 Å². The minimum atomic E-state index is -0.474. The van der Waals surface area contributed by atoms with Gasteiger partial charge in [-0.3, -0.25) is 4.99 Å². The third kappa shape index (κ3) is 10.0. The lowest BCUT2D eigenvalue weighted by atomic mass is 10.1. The molecule has 134 valence electrons. The van der Waals surface area contributed by atoms with Gasteiger partial charge in [-0.25, -0.2) is 4.79 Å². The first-order valence-corrected chi connectivity index (χ1v) is 8.78. The van der Waals surface area contributed by atoms with E-state index in [0.717, 1.165) is 37.7 Å². The monoisotopic (exact) mass is 326 g/mol. The number of carbonyl (C=O) groups is 1. The zero-order chi connectivity index (χ0) is 17.3. The van der Waals surface area contributed by atoms with Crippen molar-refractivity contribution in [3.05, 3.63) is 0 Å². The van der Waals surface area contributed by atoms with Crippen molar-refractivity contribution in [3.8, 4) is 0 Å². The maximum Gasteiger partial charge on any atom is 0.407 e. The highest BCUT2D eigenvalue weighted by atomic mass is 16.6. The van der Waals surface area contributed by atoms with Crippen LogP contribution in [0.1, 0.15) is 59.8 Å². The number of hydrogen-bond donors (Lipinski definition) is 3. The largest absolute Gasteiger partial charge is 0.444 e. The molecule has 0 spiro atoms. The first-order valence-electron chi connectivity index (χ1n) is 8.78. The predicted molar refractivity (Wildman–Crippen MR) is 94.8 cm³/mol. The van der Waals surface area contributed by atoms with Gasteiger partial charge in [0, 0.05) is 26.2 Å². The van der Waals surface area contributed by atoms with E-state index in [1.165, 1.54) is 12.8 Å². The molecule has 6 heteroatoms. The number of carbonyl (C=O) groups excluding carboxylic acids is 1. The Morgan fingerprint density at radius 3 is 2.52 bits per heavy atom. The van der Waals surface area contributed by atoms with Crippen LogP contribution in [0, 0.1) is 5.92 Å². The first kappa shape index (κ1) is 19.6. The van der Waals surface area contributed by atoms with E-state index in [9.17, 15) is 4.79 Å². The number of ether oxygens (including phenoxy) is 1. The number of hydrogen-bond acceptors (Lipinski definition) is 3. The fourth-order valence-corrected chi connectivity index (χ4v) is 2.15. The van der Waals surface area contributed by atoms with Crippen molar-refractivity contribution in [2.24, 2.45) is 10.9 Å². The summed E-state index contributed by atoms with van der Waals surface area (Å²) < 4.78 is 5.29. The van der Waals surface area contributed by atoms with Gasteiger partial charge in [0.15, 0.2) is 5.96 Å². The second kappa shape index (κ2) is 9.63. The van der Waals surface area contributed by atoms with Gasteiger partial charge in [-0.15, -0.1) is 0 Å². The fourth-order valence-electron chi connectivity index (χ4n) is 2.15. The van der Waals surface area contributed by atoms with E-state index in [-0.39, 0.29) is 12.1 Å². The standard InChI is InChI=1S/C17H34N4O2/c1-6-7-8-14(12-20-16(22)23-17(2,3)4)21-15(18-5)19-11-13-9-10-13/h13-14H,6-12H2,1-5H3,(H,20,22)(H2,18,19,21). The number of guanidine groups is 1. The molecule has 1 atom stereocenters. The average molecular weight is 326 g/mol. The predicted octanol–water partition coefficient (Wildman–Crippen LogP) is 2.64. The summed E-state index contributed by atoms with van der Waals surface area (Å²) in [4.78, 5) is 16.1. The number of nitrogens with one attached hydrogen (secondary N) is 3. The molecule has 0 aromatic carbocycles. The molecular formula is C17H34N4O2. The van der Waals surface area contributed by atoms with E-state index < -0.39 is 5.60 Å². The molecule has 1 rings (SSSR count). The van der Waals surface area contributed by atoms with E-state index in [0.29, 0.717) is 6.54 Å². The zero-order valence-corrected chi connectivity index (χ0v) is 15.4. The van der Waals surface area contributed by atoms with Crippen LogP contribution in [0.15, 0.2) is 4.99 Å². The normalized spacial score (nSPS) is 16.7. The first-order chi connectivity index (χ1) is 10.8. The molecule has 0 heterocycles.